The van der Waals surface area contributed by atoms with Crippen molar-refractivity contribution in [2.24, 2.45) is 5.92 Å². The average Bonchev–Trinajstić information content (AvgIpc) is 3.23. The summed E-state index contributed by atoms with van der Waals surface area (Å²) in [5.41, 5.74) is 1.53. The predicted molar refractivity (Wildman–Crippen MR) is 158 cm³/mol. The zero-order valence-electron chi connectivity index (χ0n) is 22.9. The first kappa shape index (κ1) is 29.8. The molecule has 3 aromatic rings. The highest BCUT2D eigenvalue weighted by molar-refractivity contribution is 7.70. The lowest BCUT2D eigenvalue weighted by Gasteiger charge is -2.34. The highest BCUT2D eigenvalue weighted by Gasteiger charge is 2.32. The molecule has 2 atom stereocenters. The van der Waals surface area contributed by atoms with Crippen LogP contribution in [-0.4, -0.2) is 64.2 Å². The standard InChI is InChI=1S/C29H32F3N4O2PS/c1-36-14-12-23(19(17-33)18-36)35-25-8-5-7-21-22(16-29(30,31)32)27(40-28(21)25)9-6-13-34-24-11-10-20(39(3,4)37)15-26(24)38-2/h5,7-8,10-11,15,19,23,34-35H,12-14,16,18H2,1-4H3. The summed E-state index contributed by atoms with van der Waals surface area (Å²) < 4.78 is 59.3. The van der Waals surface area contributed by atoms with Crippen molar-refractivity contribution >= 4 is 45.2 Å². The SMILES string of the molecule is COc1cc(P(C)(C)=O)ccc1NCC#Cc1sc2c(NC3CCN(C)CC3C#N)cccc2c1CC(F)(F)F. The van der Waals surface area contributed by atoms with Crippen molar-refractivity contribution in [3.8, 4) is 23.7 Å². The topological polar surface area (TPSA) is 77.4 Å². The molecule has 1 aromatic heterocycles. The molecule has 0 saturated carbocycles. The first-order chi connectivity index (χ1) is 18.9. The number of piperidine rings is 1. The molecular weight excluding hydrogens is 556 g/mol. The van der Waals surface area contributed by atoms with Gasteiger partial charge in [-0.2, -0.15) is 18.4 Å². The van der Waals surface area contributed by atoms with Gasteiger partial charge in [0.15, 0.2) is 0 Å². The molecule has 0 spiro atoms. The molecule has 2 N–H and O–H groups in total. The Balaban J connectivity index is 1.62. The number of alkyl halides is 3. The average molecular weight is 589 g/mol. The second-order valence-electron chi connectivity index (χ2n) is 10.3. The van der Waals surface area contributed by atoms with Gasteiger partial charge < -0.3 is 24.8 Å². The predicted octanol–water partition coefficient (Wildman–Crippen LogP) is 5.98. The first-order valence-corrected chi connectivity index (χ1v) is 16.2. The van der Waals surface area contributed by atoms with Crippen molar-refractivity contribution in [2.75, 3.05) is 57.8 Å². The number of rotatable bonds is 7. The Kier molecular flexibility index (Phi) is 9.05. The maximum atomic E-state index is 13.6. The lowest BCUT2D eigenvalue weighted by atomic mass is 9.93. The smallest absolute Gasteiger partial charge is 0.393 e. The summed E-state index contributed by atoms with van der Waals surface area (Å²) in [6.07, 6.45) is -4.70. The molecule has 2 unspecified atom stereocenters. The van der Waals surface area contributed by atoms with Crippen LogP contribution in [0, 0.1) is 29.1 Å². The summed E-state index contributed by atoms with van der Waals surface area (Å²) in [5.74, 6) is 6.21. The number of hydrogen-bond acceptors (Lipinski definition) is 7. The molecule has 0 bridgehead atoms. The highest BCUT2D eigenvalue weighted by Crippen LogP contribution is 2.40. The molecule has 4 rings (SSSR count). The van der Waals surface area contributed by atoms with Crippen molar-refractivity contribution in [3.05, 3.63) is 46.8 Å². The van der Waals surface area contributed by atoms with Crippen molar-refractivity contribution in [3.63, 3.8) is 0 Å². The van der Waals surface area contributed by atoms with Crippen molar-refractivity contribution in [1.82, 2.24) is 4.90 Å². The summed E-state index contributed by atoms with van der Waals surface area (Å²) in [6.45, 7) is 5.02. The molecule has 0 aliphatic carbocycles. The number of nitrogens with one attached hydrogen (secondary N) is 2. The first-order valence-electron chi connectivity index (χ1n) is 12.8. The van der Waals surface area contributed by atoms with Crippen LogP contribution < -0.4 is 20.7 Å². The largest absolute Gasteiger partial charge is 0.495 e. The van der Waals surface area contributed by atoms with Crippen LogP contribution in [0.3, 0.4) is 0 Å². The van der Waals surface area contributed by atoms with Crippen LogP contribution in [-0.2, 0) is 11.0 Å². The van der Waals surface area contributed by atoms with Crippen LogP contribution in [0.15, 0.2) is 36.4 Å². The van der Waals surface area contributed by atoms with Gasteiger partial charge in [-0.1, -0.05) is 24.0 Å². The zero-order chi connectivity index (χ0) is 29.1. The number of nitrogens with zero attached hydrogens (tertiary/aromatic N) is 2. The lowest BCUT2D eigenvalue weighted by molar-refractivity contribution is -0.126. The Labute approximate surface area is 236 Å². The Bertz CT molecular complexity index is 1530. The quantitative estimate of drug-likeness (QED) is 0.261. The number of benzene rings is 2. The van der Waals surface area contributed by atoms with Gasteiger partial charge in [-0.25, -0.2) is 0 Å². The Hall–Kier alpha value is -3.17. The molecular formula is C29H32F3N4O2PS. The van der Waals surface area contributed by atoms with Gasteiger partial charge in [-0.05, 0) is 68.6 Å². The number of ether oxygens (including phenoxy) is 1. The Morgan fingerprint density at radius 3 is 2.67 bits per heavy atom. The molecule has 1 aliphatic heterocycles. The van der Waals surface area contributed by atoms with E-state index in [1.54, 1.807) is 43.7 Å². The van der Waals surface area contributed by atoms with Crippen LogP contribution >= 0.6 is 18.5 Å². The molecule has 6 nitrogen and oxygen atoms in total. The van der Waals surface area contributed by atoms with E-state index in [-0.39, 0.29) is 24.1 Å². The molecule has 1 aliphatic rings. The molecule has 2 heterocycles. The fourth-order valence-corrected chi connectivity index (χ4v) is 6.84. The van der Waals surface area contributed by atoms with Crippen LogP contribution in [0.4, 0.5) is 24.5 Å². The molecule has 0 amide bonds. The number of hydrogen-bond donors (Lipinski definition) is 2. The summed E-state index contributed by atoms with van der Waals surface area (Å²) in [4.78, 5) is 2.47. The number of likely N-dealkylation sites (tertiary alicyclic amines) is 1. The second kappa shape index (κ2) is 12.1. The Morgan fingerprint density at radius 2 is 2.00 bits per heavy atom. The molecule has 40 heavy (non-hydrogen) atoms. The van der Waals surface area contributed by atoms with Crippen LogP contribution in [0.2, 0.25) is 0 Å². The fourth-order valence-electron chi connectivity index (χ4n) is 4.80. The van der Waals surface area contributed by atoms with Crippen molar-refractivity contribution < 1.29 is 22.5 Å². The van der Waals surface area contributed by atoms with Crippen molar-refractivity contribution in [1.29, 1.82) is 5.26 Å². The molecule has 0 radical (unpaired) electrons. The summed E-state index contributed by atoms with van der Waals surface area (Å²) >= 11 is 1.23. The van der Waals surface area contributed by atoms with Gasteiger partial charge >= 0.3 is 6.18 Å². The van der Waals surface area contributed by atoms with Gasteiger partial charge in [-0.15, -0.1) is 11.3 Å². The van der Waals surface area contributed by atoms with Gasteiger partial charge in [-0.3, -0.25) is 0 Å². The monoisotopic (exact) mass is 588 g/mol. The fraction of sp³-hybridized carbons (Fsp3) is 0.414. The molecule has 1 saturated heterocycles. The molecule has 212 valence electrons. The van der Waals surface area contributed by atoms with E-state index in [4.69, 9.17) is 4.74 Å². The summed E-state index contributed by atoms with van der Waals surface area (Å²) in [7, 11) is 1.03. The summed E-state index contributed by atoms with van der Waals surface area (Å²) in [6, 6.07) is 12.8. The number of anilines is 2. The number of nitriles is 1. The number of methoxy groups -OCH3 is 1. The molecule has 1 fully saturated rings. The van der Waals surface area contributed by atoms with E-state index in [9.17, 15) is 23.0 Å². The maximum Gasteiger partial charge on any atom is 0.393 e. The number of fused-ring (bicyclic) bond motifs is 1. The zero-order valence-corrected chi connectivity index (χ0v) is 24.6. The lowest BCUT2D eigenvalue weighted by Crippen LogP contribution is -2.44. The van der Waals surface area contributed by atoms with Crippen LogP contribution in [0.25, 0.3) is 10.1 Å². The maximum absolute atomic E-state index is 13.6. The van der Waals surface area contributed by atoms with E-state index >= 15 is 0 Å². The molecule has 11 heteroatoms. The van der Waals surface area contributed by atoms with Gasteiger partial charge in [0.05, 0.1) is 53.0 Å². The molecule has 2 aromatic carbocycles. The minimum Gasteiger partial charge on any atom is -0.495 e. The number of halogens is 3. The third-order valence-electron chi connectivity index (χ3n) is 6.89. The van der Waals surface area contributed by atoms with Gasteiger partial charge in [0.1, 0.15) is 12.9 Å². The van der Waals surface area contributed by atoms with E-state index in [1.165, 1.54) is 18.4 Å². The third-order valence-corrected chi connectivity index (χ3v) is 9.61. The Morgan fingerprint density at radius 1 is 1.23 bits per heavy atom. The van der Waals surface area contributed by atoms with Crippen LogP contribution in [0.5, 0.6) is 5.75 Å². The normalized spacial score (nSPS) is 18.1. The highest BCUT2D eigenvalue weighted by atomic mass is 32.1. The van der Waals surface area contributed by atoms with E-state index < -0.39 is 19.7 Å². The van der Waals surface area contributed by atoms with Crippen LogP contribution in [0.1, 0.15) is 16.9 Å². The van der Waals surface area contributed by atoms with Crippen molar-refractivity contribution in [2.45, 2.75) is 25.1 Å². The van der Waals surface area contributed by atoms with E-state index in [2.05, 4.69) is 33.4 Å². The minimum atomic E-state index is -4.39. The summed E-state index contributed by atoms with van der Waals surface area (Å²) in [5, 5.41) is 17.4. The minimum absolute atomic E-state index is 0.0885. The van der Waals surface area contributed by atoms with E-state index in [0.29, 0.717) is 38.2 Å². The third kappa shape index (κ3) is 7.12. The second-order valence-corrected chi connectivity index (χ2v) is 14.6. The van der Waals surface area contributed by atoms with Gasteiger partial charge in [0.25, 0.3) is 0 Å². The van der Waals surface area contributed by atoms with E-state index in [0.717, 1.165) is 18.7 Å². The van der Waals surface area contributed by atoms with E-state index in [1.807, 2.05) is 13.1 Å². The van der Waals surface area contributed by atoms with Gasteiger partial charge in [0.2, 0.25) is 0 Å². The van der Waals surface area contributed by atoms with Gasteiger partial charge in [0, 0.05) is 17.9 Å². The number of thiophene rings is 1.